The van der Waals surface area contributed by atoms with Crippen molar-refractivity contribution in [3.63, 3.8) is 0 Å². The van der Waals surface area contributed by atoms with Crippen LogP contribution < -0.4 is 5.73 Å². The van der Waals surface area contributed by atoms with Crippen molar-refractivity contribution in [2.24, 2.45) is 5.73 Å². The number of carbonyl (C=O) groups is 1. The second kappa shape index (κ2) is 6.33. The maximum atomic E-state index is 11.4. The Bertz CT molecular complexity index is 441. The molecule has 1 aromatic carbocycles. The van der Waals surface area contributed by atoms with E-state index < -0.39 is 0 Å². The van der Waals surface area contributed by atoms with Crippen molar-refractivity contribution in [2.45, 2.75) is 58.8 Å². The Labute approximate surface area is 117 Å². The number of Topliss-reactive ketones (excluding diaryl/α,β-unsaturated/α-hetero) is 1. The minimum absolute atomic E-state index is 0.132. The summed E-state index contributed by atoms with van der Waals surface area (Å²) in [4.78, 5) is 11.4. The highest BCUT2D eigenvalue weighted by atomic mass is 16.1. The van der Waals surface area contributed by atoms with E-state index in [1.807, 2.05) is 0 Å². The lowest BCUT2D eigenvalue weighted by molar-refractivity contribution is -0.117. The highest BCUT2D eigenvalue weighted by Crippen LogP contribution is 2.33. The van der Waals surface area contributed by atoms with Gasteiger partial charge in [0.15, 0.2) is 0 Å². The van der Waals surface area contributed by atoms with Crippen LogP contribution in [0.4, 0.5) is 0 Å². The van der Waals surface area contributed by atoms with Crippen LogP contribution in [0.2, 0.25) is 0 Å². The van der Waals surface area contributed by atoms with Gasteiger partial charge in [0.1, 0.15) is 5.78 Å². The van der Waals surface area contributed by atoms with Crippen LogP contribution in [0.1, 0.15) is 63.6 Å². The number of rotatable bonds is 5. The standard InChI is InChI=1S/C17H27NO/c1-12(2)16-13(9-10-14(19)11-18)7-6-8-15(16)17(3,4)5/h6-8,12H,9-11,18H2,1-5H3. The van der Waals surface area contributed by atoms with Crippen molar-refractivity contribution in [2.75, 3.05) is 6.54 Å². The van der Waals surface area contributed by atoms with Crippen molar-refractivity contribution in [3.05, 3.63) is 34.9 Å². The molecule has 0 radical (unpaired) electrons. The van der Waals surface area contributed by atoms with Gasteiger partial charge in [0, 0.05) is 6.42 Å². The summed E-state index contributed by atoms with van der Waals surface area (Å²) < 4.78 is 0. The molecule has 2 heteroatoms. The minimum atomic E-state index is 0.132. The smallest absolute Gasteiger partial charge is 0.146 e. The number of ketones is 1. The van der Waals surface area contributed by atoms with Gasteiger partial charge in [-0.2, -0.15) is 0 Å². The number of nitrogens with two attached hydrogens (primary N) is 1. The lowest BCUT2D eigenvalue weighted by Gasteiger charge is -2.27. The Hall–Kier alpha value is -1.15. The van der Waals surface area contributed by atoms with Gasteiger partial charge in [-0.1, -0.05) is 52.8 Å². The predicted octanol–water partition coefficient (Wildman–Crippen LogP) is 3.57. The highest BCUT2D eigenvalue weighted by Gasteiger charge is 2.21. The predicted molar refractivity (Wildman–Crippen MR) is 81.6 cm³/mol. The molecule has 0 bridgehead atoms. The molecular formula is C17H27NO. The van der Waals surface area contributed by atoms with E-state index in [1.165, 1.54) is 16.7 Å². The molecule has 0 aromatic heterocycles. The third-order valence-electron chi connectivity index (χ3n) is 3.48. The number of benzene rings is 1. The zero-order valence-corrected chi connectivity index (χ0v) is 12.9. The van der Waals surface area contributed by atoms with Crippen LogP contribution in [0.15, 0.2) is 18.2 Å². The number of carbonyl (C=O) groups excluding carboxylic acids is 1. The summed E-state index contributed by atoms with van der Waals surface area (Å²) in [6, 6.07) is 6.46. The molecule has 0 saturated carbocycles. The van der Waals surface area contributed by atoms with Gasteiger partial charge in [-0.15, -0.1) is 0 Å². The van der Waals surface area contributed by atoms with Gasteiger partial charge in [0.25, 0.3) is 0 Å². The Morgan fingerprint density at radius 3 is 2.37 bits per heavy atom. The van der Waals surface area contributed by atoms with Crippen LogP contribution in [-0.4, -0.2) is 12.3 Å². The summed E-state index contributed by atoms with van der Waals surface area (Å²) in [6.07, 6.45) is 1.34. The van der Waals surface area contributed by atoms with E-state index in [0.29, 0.717) is 12.3 Å². The average molecular weight is 261 g/mol. The summed E-state index contributed by atoms with van der Waals surface area (Å²) in [5.41, 5.74) is 9.60. The molecule has 0 aliphatic heterocycles. The molecule has 19 heavy (non-hydrogen) atoms. The molecule has 0 heterocycles. The van der Waals surface area contributed by atoms with Crippen LogP contribution >= 0.6 is 0 Å². The van der Waals surface area contributed by atoms with Crippen LogP contribution in [-0.2, 0) is 16.6 Å². The Morgan fingerprint density at radius 2 is 1.89 bits per heavy atom. The molecule has 2 N–H and O–H groups in total. The maximum Gasteiger partial charge on any atom is 0.146 e. The van der Waals surface area contributed by atoms with Crippen LogP contribution in [0.25, 0.3) is 0 Å². The first kappa shape index (κ1) is 15.9. The lowest BCUT2D eigenvalue weighted by atomic mass is 9.78. The molecule has 0 aliphatic carbocycles. The van der Waals surface area contributed by atoms with E-state index in [0.717, 1.165) is 6.42 Å². The van der Waals surface area contributed by atoms with E-state index in [2.05, 4.69) is 52.8 Å². The third-order valence-corrected chi connectivity index (χ3v) is 3.48. The van der Waals surface area contributed by atoms with Crippen molar-refractivity contribution < 1.29 is 4.79 Å². The van der Waals surface area contributed by atoms with Gasteiger partial charge < -0.3 is 5.73 Å². The topological polar surface area (TPSA) is 43.1 Å². The van der Waals surface area contributed by atoms with E-state index in [9.17, 15) is 4.79 Å². The first-order valence-corrected chi connectivity index (χ1v) is 7.11. The van der Waals surface area contributed by atoms with Crippen LogP contribution in [0, 0.1) is 0 Å². The molecule has 0 amide bonds. The molecule has 0 saturated heterocycles. The molecule has 0 unspecified atom stereocenters. The number of hydrogen-bond donors (Lipinski definition) is 1. The zero-order valence-electron chi connectivity index (χ0n) is 12.9. The summed E-state index contributed by atoms with van der Waals surface area (Å²) in [7, 11) is 0. The summed E-state index contributed by atoms with van der Waals surface area (Å²) in [5.74, 6) is 0.606. The summed E-state index contributed by atoms with van der Waals surface area (Å²) >= 11 is 0. The van der Waals surface area contributed by atoms with E-state index in [4.69, 9.17) is 5.73 Å². The minimum Gasteiger partial charge on any atom is -0.324 e. The summed E-state index contributed by atoms with van der Waals surface area (Å²) in [6.45, 7) is 11.3. The molecule has 2 nitrogen and oxygen atoms in total. The lowest BCUT2D eigenvalue weighted by Crippen LogP contribution is -2.18. The molecule has 1 rings (SSSR count). The third kappa shape index (κ3) is 4.17. The largest absolute Gasteiger partial charge is 0.324 e. The molecule has 1 aromatic rings. The fourth-order valence-corrected chi connectivity index (χ4v) is 2.54. The van der Waals surface area contributed by atoms with Gasteiger partial charge in [-0.05, 0) is 34.4 Å². The first-order chi connectivity index (χ1) is 8.77. The van der Waals surface area contributed by atoms with Crippen molar-refractivity contribution in [1.82, 2.24) is 0 Å². The van der Waals surface area contributed by atoms with E-state index in [1.54, 1.807) is 0 Å². The molecule has 0 aliphatic rings. The first-order valence-electron chi connectivity index (χ1n) is 7.11. The second-order valence-electron chi connectivity index (χ2n) is 6.53. The normalized spacial score (nSPS) is 11.9. The fourth-order valence-electron chi connectivity index (χ4n) is 2.54. The fraction of sp³-hybridized carbons (Fsp3) is 0.588. The molecule has 106 valence electrons. The van der Waals surface area contributed by atoms with Crippen molar-refractivity contribution >= 4 is 5.78 Å². The monoisotopic (exact) mass is 261 g/mol. The quantitative estimate of drug-likeness (QED) is 0.880. The average Bonchev–Trinajstić information content (AvgIpc) is 2.34. The van der Waals surface area contributed by atoms with E-state index in [-0.39, 0.29) is 17.7 Å². The van der Waals surface area contributed by atoms with Crippen molar-refractivity contribution in [3.8, 4) is 0 Å². The second-order valence-corrected chi connectivity index (χ2v) is 6.53. The van der Waals surface area contributed by atoms with E-state index >= 15 is 0 Å². The molecular weight excluding hydrogens is 234 g/mol. The molecule has 0 spiro atoms. The summed E-state index contributed by atoms with van der Waals surface area (Å²) in [5, 5.41) is 0. The van der Waals surface area contributed by atoms with Gasteiger partial charge >= 0.3 is 0 Å². The van der Waals surface area contributed by atoms with Gasteiger partial charge in [-0.3, -0.25) is 4.79 Å². The van der Waals surface area contributed by atoms with Crippen molar-refractivity contribution in [1.29, 1.82) is 0 Å². The van der Waals surface area contributed by atoms with Gasteiger partial charge in [0.05, 0.1) is 6.54 Å². The van der Waals surface area contributed by atoms with Crippen LogP contribution in [0.5, 0.6) is 0 Å². The van der Waals surface area contributed by atoms with Crippen LogP contribution in [0.3, 0.4) is 0 Å². The molecule has 0 fully saturated rings. The zero-order chi connectivity index (χ0) is 14.6. The number of hydrogen-bond acceptors (Lipinski definition) is 2. The number of aryl methyl sites for hydroxylation is 1. The molecule has 0 atom stereocenters. The Balaban J connectivity index is 3.14. The Kier molecular flexibility index (Phi) is 5.30. The van der Waals surface area contributed by atoms with Gasteiger partial charge in [0.2, 0.25) is 0 Å². The Morgan fingerprint density at radius 1 is 1.26 bits per heavy atom. The van der Waals surface area contributed by atoms with Gasteiger partial charge in [-0.25, -0.2) is 0 Å². The highest BCUT2D eigenvalue weighted by molar-refractivity contribution is 5.80. The maximum absolute atomic E-state index is 11.4. The SMILES string of the molecule is CC(C)c1c(CCC(=O)CN)cccc1C(C)(C)C.